The summed E-state index contributed by atoms with van der Waals surface area (Å²) in [4.78, 5) is 0. The first-order valence-corrected chi connectivity index (χ1v) is 24.4. The molecule has 8 atom stereocenters. The van der Waals surface area contributed by atoms with Crippen LogP contribution in [0.5, 0.6) is 0 Å². The molecule has 0 N–H and O–H groups in total. The Hall–Kier alpha value is 0.111. The summed E-state index contributed by atoms with van der Waals surface area (Å²) in [6, 6.07) is 0. The van der Waals surface area contributed by atoms with E-state index in [0.29, 0.717) is 23.5 Å². The molecule has 0 bridgehead atoms. The Bertz CT molecular complexity index is 792. The van der Waals surface area contributed by atoms with E-state index in [-0.39, 0.29) is 5.41 Å². The van der Waals surface area contributed by atoms with Gasteiger partial charge in [-0.3, -0.25) is 0 Å². The van der Waals surface area contributed by atoms with Gasteiger partial charge in [0.2, 0.25) is 8.32 Å². The van der Waals surface area contributed by atoms with Crippen LogP contribution in [-0.2, 0) is 13.3 Å². The van der Waals surface area contributed by atoms with E-state index in [1.807, 2.05) is 0 Å². The molecule has 0 aromatic rings. The van der Waals surface area contributed by atoms with Gasteiger partial charge in [0, 0.05) is 17.6 Å². The summed E-state index contributed by atoms with van der Waals surface area (Å²) in [5.74, 6) is 4.27. The van der Waals surface area contributed by atoms with E-state index in [0.717, 1.165) is 24.2 Å². The Morgan fingerprint density at radius 3 is 2.06 bits per heavy atom. The molecule has 6 heteroatoms. The Balaban J connectivity index is 1.64. The van der Waals surface area contributed by atoms with Crippen LogP contribution in [0.1, 0.15) is 58.8 Å². The third-order valence-electron chi connectivity index (χ3n) is 9.48. The van der Waals surface area contributed by atoms with Crippen molar-refractivity contribution in [1.82, 2.24) is 0 Å². The van der Waals surface area contributed by atoms with Crippen LogP contribution < -0.4 is 0 Å². The van der Waals surface area contributed by atoms with Gasteiger partial charge in [0.25, 0.3) is 0 Å². The molecule has 4 rings (SSSR count). The molecule has 3 fully saturated rings. The molecule has 0 spiro atoms. The van der Waals surface area contributed by atoms with Crippen molar-refractivity contribution in [2.75, 3.05) is 0 Å². The smallest absolute Gasteiger partial charge is 0.241 e. The molecule has 0 aliphatic heterocycles. The van der Waals surface area contributed by atoms with Gasteiger partial charge >= 0.3 is 0 Å². The predicted octanol–water partition coefficient (Wildman–Crippen LogP) is 8.42. The van der Waals surface area contributed by atoms with E-state index in [9.17, 15) is 0 Å². The molecule has 0 radical (unpaired) electrons. The molecule has 3 nitrogen and oxygen atoms in total. The minimum absolute atomic E-state index is 0.146. The van der Waals surface area contributed by atoms with Crippen molar-refractivity contribution in [2.24, 2.45) is 34.5 Å². The first-order chi connectivity index (χ1) is 15.4. The van der Waals surface area contributed by atoms with E-state index in [4.69, 9.17) is 13.3 Å². The van der Waals surface area contributed by atoms with Crippen molar-refractivity contribution in [3.8, 4) is 0 Å². The second-order valence-electron chi connectivity index (χ2n) is 15.6. The van der Waals surface area contributed by atoms with Crippen molar-refractivity contribution >= 4 is 25.0 Å². The molecule has 3 saturated carbocycles. The minimum atomic E-state index is -1.67. The summed E-state index contributed by atoms with van der Waals surface area (Å²) in [5, 5.41) is 0. The topological polar surface area (TPSA) is 27.7 Å². The molecule has 0 amide bonds. The lowest BCUT2D eigenvalue weighted by Gasteiger charge is -2.63. The van der Waals surface area contributed by atoms with Gasteiger partial charge in [-0.2, -0.15) is 0 Å². The first kappa shape index (κ1) is 27.2. The molecular weight excluding hydrogens is 469 g/mol. The summed E-state index contributed by atoms with van der Waals surface area (Å²) >= 11 is 0. The van der Waals surface area contributed by atoms with Crippen LogP contribution >= 0.6 is 0 Å². The maximum Gasteiger partial charge on any atom is 0.241 e. The third kappa shape index (κ3) is 5.37. The molecule has 4 aliphatic carbocycles. The fourth-order valence-corrected chi connectivity index (χ4v) is 11.8. The van der Waals surface area contributed by atoms with Gasteiger partial charge in [-0.1, -0.05) is 13.8 Å². The molecule has 196 valence electrons. The van der Waals surface area contributed by atoms with Crippen molar-refractivity contribution in [3.05, 3.63) is 11.8 Å². The Labute approximate surface area is 214 Å². The van der Waals surface area contributed by atoms with Gasteiger partial charge in [0.1, 0.15) is 0 Å². The summed E-state index contributed by atoms with van der Waals surface area (Å²) in [6.07, 6.45) is 12.3. The Morgan fingerprint density at radius 2 is 1.47 bits per heavy atom. The highest BCUT2D eigenvalue weighted by molar-refractivity contribution is 6.70. The molecule has 0 aromatic carbocycles. The molecule has 0 aromatic heterocycles. The lowest BCUT2D eigenvalue weighted by atomic mass is 9.44. The predicted molar refractivity (Wildman–Crippen MR) is 151 cm³/mol. The maximum atomic E-state index is 7.16. The molecule has 4 aliphatic rings. The number of allylic oxidation sites excluding steroid dienone is 2. The average Bonchev–Trinajstić information content (AvgIpc) is 2.93. The Kier molecular flexibility index (Phi) is 7.07. The van der Waals surface area contributed by atoms with Crippen molar-refractivity contribution < 1.29 is 13.3 Å². The van der Waals surface area contributed by atoms with E-state index in [1.54, 1.807) is 0 Å². The van der Waals surface area contributed by atoms with Crippen molar-refractivity contribution in [3.63, 3.8) is 0 Å². The average molecular weight is 523 g/mol. The largest absolute Gasteiger partial charge is 0.547 e. The van der Waals surface area contributed by atoms with Crippen LogP contribution in [0.15, 0.2) is 11.8 Å². The van der Waals surface area contributed by atoms with Crippen LogP contribution in [0.3, 0.4) is 0 Å². The summed E-state index contributed by atoms with van der Waals surface area (Å²) in [6.45, 7) is 26.4. The van der Waals surface area contributed by atoms with Crippen LogP contribution in [0.25, 0.3) is 0 Å². The molecule has 0 saturated heterocycles. The quantitative estimate of drug-likeness (QED) is 0.328. The van der Waals surface area contributed by atoms with Gasteiger partial charge in [0.05, 0.1) is 5.76 Å². The van der Waals surface area contributed by atoms with Gasteiger partial charge in [-0.25, -0.2) is 0 Å². The zero-order valence-corrected chi connectivity index (χ0v) is 27.2. The second-order valence-corrected chi connectivity index (χ2v) is 29.0. The highest BCUT2D eigenvalue weighted by Crippen LogP contribution is 2.67. The fourth-order valence-electron chi connectivity index (χ4n) is 8.50. The van der Waals surface area contributed by atoms with Gasteiger partial charge in [-0.15, -0.1) is 0 Å². The first-order valence-electron chi connectivity index (χ1n) is 14.2. The molecule has 0 heterocycles. The van der Waals surface area contributed by atoms with Crippen LogP contribution in [0, 0.1) is 34.5 Å². The zero-order chi connectivity index (χ0) is 25.3. The number of fused-ring (bicyclic) bond motifs is 5. The fraction of sp³-hybridized carbons (Fsp3) is 0.929. The molecular formula is C28H54O3Si3. The third-order valence-corrected chi connectivity index (χ3v) is 12.4. The summed E-state index contributed by atoms with van der Waals surface area (Å²) < 4.78 is 20.6. The molecule has 3 unspecified atom stereocenters. The van der Waals surface area contributed by atoms with Crippen molar-refractivity contribution in [1.29, 1.82) is 0 Å². The normalized spacial score (nSPS) is 43.0. The highest BCUT2D eigenvalue weighted by atomic mass is 28.4. The number of hydrogen-bond donors (Lipinski definition) is 0. The zero-order valence-electron chi connectivity index (χ0n) is 24.2. The Morgan fingerprint density at radius 1 is 0.824 bits per heavy atom. The van der Waals surface area contributed by atoms with E-state index < -0.39 is 25.0 Å². The van der Waals surface area contributed by atoms with E-state index in [1.165, 1.54) is 44.3 Å². The SMILES string of the molecule is C[C@]12C[C@H](O[Si](C)(C)C)C3C(CC[C@@H]4C[C@H](O[Si](C)(C)C)CC[C@]34C)C1CC=C2O[Si](C)(C)C. The van der Waals surface area contributed by atoms with Gasteiger partial charge < -0.3 is 13.3 Å². The second kappa shape index (κ2) is 8.85. The van der Waals surface area contributed by atoms with E-state index >= 15 is 0 Å². The monoisotopic (exact) mass is 522 g/mol. The molecule has 34 heavy (non-hydrogen) atoms. The summed E-state index contributed by atoms with van der Waals surface area (Å²) in [5.41, 5.74) is 0.531. The van der Waals surface area contributed by atoms with Crippen molar-refractivity contribution in [2.45, 2.75) is 130 Å². The van der Waals surface area contributed by atoms with E-state index in [2.05, 4.69) is 78.8 Å². The lowest BCUT2D eigenvalue weighted by Crippen LogP contribution is -2.61. The lowest BCUT2D eigenvalue weighted by molar-refractivity contribution is -0.165. The standard InChI is InChI=1S/C28H54O3Si3/c1-27-17-16-21(29-32(3,4)5)18-20(27)12-13-22-23-14-15-25(31-34(9,10)11)28(23,2)19-24(26(22)27)30-33(6,7)8/h15,20-24,26H,12-14,16-19H2,1-11H3/t20-,21-,22?,23?,24+,26?,27+,28+/m1/s1. The number of rotatable bonds is 6. The van der Waals surface area contributed by atoms with Crippen LogP contribution in [-0.4, -0.2) is 37.2 Å². The van der Waals surface area contributed by atoms with Gasteiger partial charge in [-0.05, 0) is 139 Å². The summed E-state index contributed by atoms with van der Waals surface area (Å²) in [7, 11) is -4.81. The minimum Gasteiger partial charge on any atom is -0.547 e. The number of hydrogen-bond acceptors (Lipinski definition) is 3. The van der Waals surface area contributed by atoms with Crippen LogP contribution in [0.2, 0.25) is 58.9 Å². The maximum absolute atomic E-state index is 7.16. The van der Waals surface area contributed by atoms with Crippen LogP contribution in [0.4, 0.5) is 0 Å². The van der Waals surface area contributed by atoms with Gasteiger partial charge in [0.15, 0.2) is 16.6 Å². The highest BCUT2D eigenvalue weighted by Gasteiger charge is 2.63.